The largest absolute Gasteiger partial charge is 0.332 e. The lowest BCUT2D eigenvalue weighted by atomic mass is 10.2. The molecule has 1 saturated heterocycles. The molecule has 130 valence electrons. The van der Waals surface area contributed by atoms with E-state index in [0.717, 1.165) is 15.8 Å². The molecule has 4 nitrogen and oxygen atoms in total. The van der Waals surface area contributed by atoms with E-state index in [9.17, 15) is 4.79 Å². The van der Waals surface area contributed by atoms with Crippen molar-refractivity contribution in [1.82, 2.24) is 10.2 Å². The number of thiocarbonyl (C=S) groups is 1. The standard InChI is InChI=1S/C19H20IN3OS/c20-16-5-3-4-15(12-16)18(24)22-19(25)21-17-8-6-14(7-9-17)13-23-10-1-2-11-23/h3-9,12H,1-2,10-11,13H2,(H2,21,22,24,25). The maximum Gasteiger partial charge on any atom is 0.257 e. The summed E-state index contributed by atoms with van der Waals surface area (Å²) >= 11 is 7.42. The van der Waals surface area contributed by atoms with Crippen LogP contribution in [0.1, 0.15) is 28.8 Å². The van der Waals surface area contributed by atoms with Crippen LogP contribution in [0.25, 0.3) is 0 Å². The molecule has 1 aliphatic rings. The molecule has 0 atom stereocenters. The Kier molecular flexibility index (Phi) is 6.39. The van der Waals surface area contributed by atoms with Crippen molar-refractivity contribution in [1.29, 1.82) is 0 Å². The Bertz CT molecular complexity index is 758. The van der Waals surface area contributed by atoms with Gasteiger partial charge in [0.25, 0.3) is 5.91 Å². The topological polar surface area (TPSA) is 44.4 Å². The lowest BCUT2D eigenvalue weighted by molar-refractivity contribution is 0.0977. The molecule has 2 aromatic rings. The fraction of sp³-hybridized carbons (Fsp3) is 0.263. The van der Waals surface area contributed by atoms with E-state index in [0.29, 0.717) is 10.7 Å². The summed E-state index contributed by atoms with van der Waals surface area (Å²) in [7, 11) is 0. The molecule has 1 heterocycles. The molecule has 1 amide bonds. The Labute approximate surface area is 167 Å². The number of hydrogen-bond donors (Lipinski definition) is 2. The van der Waals surface area contributed by atoms with Crippen LogP contribution in [0.4, 0.5) is 5.69 Å². The third kappa shape index (κ3) is 5.49. The molecule has 3 rings (SSSR count). The number of anilines is 1. The van der Waals surface area contributed by atoms with Gasteiger partial charge in [-0.25, -0.2) is 0 Å². The van der Waals surface area contributed by atoms with Gasteiger partial charge in [0.15, 0.2) is 5.11 Å². The van der Waals surface area contributed by atoms with Gasteiger partial charge in [-0.2, -0.15) is 0 Å². The third-order valence-corrected chi connectivity index (χ3v) is 5.01. The van der Waals surface area contributed by atoms with Crippen LogP contribution in [-0.4, -0.2) is 29.0 Å². The molecule has 2 aromatic carbocycles. The molecule has 0 aliphatic carbocycles. The molecule has 6 heteroatoms. The predicted octanol–water partition coefficient (Wildman–Crippen LogP) is 4.01. The molecule has 1 fully saturated rings. The molecule has 0 radical (unpaired) electrons. The summed E-state index contributed by atoms with van der Waals surface area (Å²) in [5, 5.41) is 6.08. The number of rotatable bonds is 4. The summed E-state index contributed by atoms with van der Waals surface area (Å²) in [6, 6.07) is 15.6. The van der Waals surface area contributed by atoms with E-state index in [1.165, 1.54) is 31.5 Å². The zero-order valence-electron chi connectivity index (χ0n) is 13.8. The van der Waals surface area contributed by atoms with Crippen LogP contribution in [0.5, 0.6) is 0 Å². The van der Waals surface area contributed by atoms with Crippen molar-refractivity contribution in [2.75, 3.05) is 18.4 Å². The first-order chi connectivity index (χ1) is 12.1. The molecule has 0 aromatic heterocycles. The van der Waals surface area contributed by atoms with Crippen LogP contribution < -0.4 is 10.6 Å². The highest BCUT2D eigenvalue weighted by Gasteiger charge is 2.12. The molecule has 0 bridgehead atoms. The van der Waals surface area contributed by atoms with E-state index in [1.807, 2.05) is 30.3 Å². The molecule has 2 N–H and O–H groups in total. The lowest BCUT2D eigenvalue weighted by Gasteiger charge is -2.15. The Balaban J connectivity index is 1.52. The minimum Gasteiger partial charge on any atom is -0.332 e. The molecular weight excluding hydrogens is 445 g/mol. The second-order valence-corrected chi connectivity index (χ2v) is 7.75. The average Bonchev–Trinajstić information content (AvgIpc) is 3.09. The molecule has 0 saturated carbocycles. The number of carbonyl (C=O) groups is 1. The van der Waals surface area contributed by atoms with Crippen molar-refractivity contribution in [3.8, 4) is 0 Å². The van der Waals surface area contributed by atoms with E-state index >= 15 is 0 Å². The van der Waals surface area contributed by atoms with Gasteiger partial charge in [0, 0.05) is 21.4 Å². The van der Waals surface area contributed by atoms with Gasteiger partial charge >= 0.3 is 0 Å². The summed E-state index contributed by atoms with van der Waals surface area (Å²) in [5.41, 5.74) is 2.76. The molecule has 1 aliphatic heterocycles. The first kappa shape index (κ1) is 18.3. The van der Waals surface area contributed by atoms with Crippen LogP contribution in [0, 0.1) is 3.57 Å². The highest BCUT2D eigenvalue weighted by atomic mass is 127. The maximum absolute atomic E-state index is 12.2. The molecule has 0 unspecified atom stereocenters. The highest BCUT2D eigenvalue weighted by molar-refractivity contribution is 14.1. The van der Waals surface area contributed by atoms with Crippen molar-refractivity contribution in [2.45, 2.75) is 19.4 Å². The first-order valence-electron chi connectivity index (χ1n) is 8.29. The second-order valence-electron chi connectivity index (χ2n) is 6.10. The van der Waals surface area contributed by atoms with Gasteiger partial charge in [0.05, 0.1) is 0 Å². The second kappa shape index (κ2) is 8.73. The highest BCUT2D eigenvalue weighted by Crippen LogP contribution is 2.15. The van der Waals surface area contributed by atoms with Crippen LogP contribution in [0.3, 0.4) is 0 Å². The fourth-order valence-electron chi connectivity index (χ4n) is 2.86. The van der Waals surface area contributed by atoms with Gasteiger partial charge in [-0.15, -0.1) is 0 Å². The fourth-order valence-corrected chi connectivity index (χ4v) is 3.61. The number of carbonyl (C=O) groups excluding carboxylic acids is 1. The van der Waals surface area contributed by atoms with Crippen LogP contribution in [0.15, 0.2) is 48.5 Å². The number of hydrogen-bond acceptors (Lipinski definition) is 3. The quantitative estimate of drug-likeness (QED) is 0.529. The van der Waals surface area contributed by atoms with Gasteiger partial charge in [0.2, 0.25) is 0 Å². The smallest absolute Gasteiger partial charge is 0.257 e. The molecular formula is C19H20IN3OS. The number of nitrogens with one attached hydrogen (secondary N) is 2. The van der Waals surface area contributed by atoms with E-state index in [2.05, 4.69) is 50.3 Å². The summed E-state index contributed by atoms with van der Waals surface area (Å²) in [4.78, 5) is 14.7. The van der Waals surface area contributed by atoms with Gasteiger partial charge in [-0.05, 0) is 96.6 Å². The van der Waals surface area contributed by atoms with Gasteiger partial charge in [-0.3, -0.25) is 15.0 Å². The summed E-state index contributed by atoms with van der Waals surface area (Å²) in [6.45, 7) is 3.37. The van der Waals surface area contributed by atoms with Crippen LogP contribution in [-0.2, 0) is 6.54 Å². The normalized spacial score (nSPS) is 14.3. The Hall–Kier alpha value is -1.51. The number of halogens is 1. The average molecular weight is 465 g/mol. The van der Waals surface area contributed by atoms with Gasteiger partial charge in [0.1, 0.15) is 0 Å². The van der Waals surface area contributed by atoms with Crippen molar-refractivity contribution in [3.05, 3.63) is 63.2 Å². The Morgan fingerprint density at radius 2 is 1.84 bits per heavy atom. The minimum absolute atomic E-state index is 0.207. The third-order valence-electron chi connectivity index (χ3n) is 4.13. The zero-order valence-corrected chi connectivity index (χ0v) is 16.8. The summed E-state index contributed by atoms with van der Waals surface area (Å²) in [6.07, 6.45) is 2.60. The van der Waals surface area contributed by atoms with E-state index in [4.69, 9.17) is 12.2 Å². The van der Waals surface area contributed by atoms with Gasteiger partial charge in [-0.1, -0.05) is 18.2 Å². The van der Waals surface area contributed by atoms with E-state index in [-0.39, 0.29) is 5.91 Å². The van der Waals surface area contributed by atoms with Crippen molar-refractivity contribution >= 4 is 51.5 Å². The number of benzene rings is 2. The molecule has 25 heavy (non-hydrogen) atoms. The van der Waals surface area contributed by atoms with Crippen LogP contribution >= 0.6 is 34.8 Å². The van der Waals surface area contributed by atoms with E-state index < -0.39 is 0 Å². The number of likely N-dealkylation sites (tertiary alicyclic amines) is 1. The SMILES string of the molecule is O=C(NC(=S)Nc1ccc(CN2CCCC2)cc1)c1cccc(I)c1. The molecule has 0 spiro atoms. The monoisotopic (exact) mass is 465 g/mol. The van der Waals surface area contributed by atoms with Crippen LogP contribution in [0.2, 0.25) is 0 Å². The van der Waals surface area contributed by atoms with Crippen molar-refractivity contribution in [3.63, 3.8) is 0 Å². The number of nitrogens with zero attached hydrogens (tertiary/aromatic N) is 1. The zero-order chi connectivity index (χ0) is 17.6. The van der Waals surface area contributed by atoms with Crippen molar-refractivity contribution < 1.29 is 4.79 Å². The van der Waals surface area contributed by atoms with E-state index in [1.54, 1.807) is 6.07 Å². The summed E-state index contributed by atoms with van der Waals surface area (Å²) < 4.78 is 1.01. The summed E-state index contributed by atoms with van der Waals surface area (Å²) in [5.74, 6) is -0.207. The predicted molar refractivity (Wildman–Crippen MR) is 114 cm³/mol. The Morgan fingerprint density at radius 3 is 2.52 bits per heavy atom. The van der Waals surface area contributed by atoms with Gasteiger partial charge < -0.3 is 5.32 Å². The Morgan fingerprint density at radius 1 is 1.12 bits per heavy atom. The lowest BCUT2D eigenvalue weighted by Crippen LogP contribution is -2.34. The maximum atomic E-state index is 12.2. The minimum atomic E-state index is -0.207. The first-order valence-corrected chi connectivity index (χ1v) is 9.78. The number of amides is 1. The van der Waals surface area contributed by atoms with Crippen molar-refractivity contribution in [2.24, 2.45) is 0 Å².